The van der Waals surface area contributed by atoms with Gasteiger partial charge in [0.25, 0.3) is 5.56 Å². The van der Waals surface area contributed by atoms with Gasteiger partial charge in [-0.1, -0.05) is 36.4 Å². The normalized spacial score (nSPS) is 10.7. The molecule has 134 valence electrons. The van der Waals surface area contributed by atoms with E-state index in [9.17, 15) is 4.79 Å². The van der Waals surface area contributed by atoms with E-state index in [1.165, 1.54) is 0 Å². The molecule has 0 aliphatic carbocycles. The molecule has 1 aromatic heterocycles. The lowest BCUT2D eigenvalue weighted by Gasteiger charge is -2.09. The number of H-pyrrole nitrogens is 1. The van der Waals surface area contributed by atoms with Gasteiger partial charge in [-0.2, -0.15) is 0 Å². The van der Waals surface area contributed by atoms with E-state index in [1.54, 1.807) is 13.2 Å². The zero-order chi connectivity index (χ0) is 18.6. The number of nitrogens with one attached hydrogen (secondary N) is 1. The standard InChI is InChI=1S/C22H18N2O3/c1-26-17-8-4-6-15(12-17)14-27-18-9-5-7-16(13-18)21-23-20-11-3-2-10-19(20)22(25)24-21/h2-13H,14H2,1H3,(H,23,24,25). The molecule has 4 rings (SSSR count). The van der Waals surface area contributed by atoms with Gasteiger partial charge in [0, 0.05) is 5.56 Å². The van der Waals surface area contributed by atoms with Gasteiger partial charge < -0.3 is 14.5 Å². The van der Waals surface area contributed by atoms with Gasteiger partial charge in [-0.3, -0.25) is 4.79 Å². The van der Waals surface area contributed by atoms with Crippen molar-refractivity contribution in [2.24, 2.45) is 0 Å². The summed E-state index contributed by atoms with van der Waals surface area (Å²) >= 11 is 0. The first kappa shape index (κ1) is 16.8. The highest BCUT2D eigenvalue weighted by Gasteiger charge is 2.07. The molecule has 1 heterocycles. The Balaban J connectivity index is 1.60. The highest BCUT2D eigenvalue weighted by molar-refractivity contribution is 5.79. The molecular weight excluding hydrogens is 340 g/mol. The SMILES string of the molecule is COc1cccc(COc2cccc(-c3nc4ccccc4c(=O)[nH]3)c2)c1. The average molecular weight is 358 g/mol. The molecule has 0 spiro atoms. The number of para-hydroxylation sites is 1. The molecule has 5 heteroatoms. The van der Waals surface area contributed by atoms with E-state index >= 15 is 0 Å². The average Bonchev–Trinajstić information content (AvgIpc) is 2.72. The molecule has 0 unspecified atom stereocenters. The number of nitrogens with zero attached hydrogens (tertiary/aromatic N) is 1. The number of aromatic nitrogens is 2. The Morgan fingerprint density at radius 1 is 0.926 bits per heavy atom. The van der Waals surface area contributed by atoms with Crippen LogP contribution in [0.3, 0.4) is 0 Å². The number of fused-ring (bicyclic) bond motifs is 1. The van der Waals surface area contributed by atoms with Crippen molar-refractivity contribution < 1.29 is 9.47 Å². The minimum atomic E-state index is -0.154. The number of rotatable bonds is 5. The number of hydrogen-bond donors (Lipinski definition) is 1. The summed E-state index contributed by atoms with van der Waals surface area (Å²) in [4.78, 5) is 19.7. The fraction of sp³-hybridized carbons (Fsp3) is 0.0909. The lowest BCUT2D eigenvalue weighted by molar-refractivity contribution is 0.305. The molecule has 4 aromatic rings. The van der Waals surface area contributed by atoms with Crippen molar-refractivity contribution >= 4 is 10.9 Å². The second kappa shape index (κ2) is 7.33. The molecule has 5 nitrogen and oxygen atoms in total. The van der Waals surface area contributed by atoms with E-state index < -0.39 is 0 Å². The molecule has 0 fully saturated rings. The molecule has 0 saturated carbocycles. The lowest BCUT2D eigenvalue weighted by atomic mass is 10.2. The van der Waals surface area contributed by atoms with Crippen LogP contribution in [0.2, 0.25) is 0 Å². The van der Waals surface area contributed by atoms with Crippen LogP contribution in [0.15, 0.2) is 77.6 Å². The van der Waals surface area contributed by atoms with Crippen LogP contribution in [0.1, 0.15) is 5.56 Å². The number of methoxy groups -OCH3 is 1. The van der Waals surface area contributed by atoms with Crippen LogP contribution in [0.4, 0.5) is 0 Å². The summed E-state index contributed by atoms with van der Waals surface area (Å²) in [7, 11) is 1.64. The molecule has 0 bridgehead atoms. The maximum Gasteiger partial charge on any atom is 0.259 e. The van der Waals surface area contributed by atoms with Gasteiger partial charge >= 0.3 is 0 Å². The van der Waals surface area contributed by atoms with E-state index in [2.05, 4.69) is 9.97 Å². The molecule has 0 radical (unpaired) electrons. The lowest BCUT2D eigenvalue weighted by Crippen LogP contribution is -2.09. The van der Waals surface area contributed by atoms with Crippen molar-refractivity contribution in [3.63, 3.8) is 0 Å². The largest absolute Gasteiger partial charge is 0.497 e. The first-order chi connectivity index (χ1) is 13.2. The molecule has 0 atom stereocenters. The second-order valence-electron chi connectivity index (χ2n) is 6.10. The molecule has 3 aromatic carbocycles. The number of hydrogen-bond acceptors (Lipinski definition) is 4. The first-order valence-corrected chi connectivity index (χ1v) is 8.58. The highest BCUT2D eigenvalue weighted by Crippen LogP contribution is 2.23. The predicted molar refractivity (Wildman–Crippen MR) is 105 cm³/mol. The highest BCUT2D eigenvalue weighted by atomic mass is 16.5. The van der Waals surface area contributed by atoms with Crippen molar-refractivity contribution in [1.82, 2.24) is 9.97 Å². The summed E-state index contributed by atoms with van der Waals surface area (Å²) in [5.41, 5.74) is 2.32. The third kappa shape index (κ3) is 3.67. The molecule has 0 aliphatic heterocycles. The van der Waals surface area contributed by atoms with E-state index in [4.69, 9.17) is 9.47 Å². The Bertz CT molecular complexity index is 1150. The molecular formula is C22H18N2O3. The van der Waals surface area contributed by atoms with Gasteiger partial charge in [0.05, 0.1) is 18.0 Å². The van der Waals surface area contributed by atoms with Crippen molar-refractivity contribution in [3.05, 3.63) is 88.7 Å². The fourth-order valence-corrected chi connectivity index (χ4v) is 2.89. The Labute approximate surface area is 156 Å². The number of benzene rings is 3. The van der Waals surface area contributed by atoms with Crippen LogP contribution >= 0.6 is 0 Å². The van der Waals surface area contributed by atoms with Crippen LogP contribution in [0, 0.1) is 0 Å². The summed E-state index contributed by atoms with van der Waals surface area (Å²) in [5, 5.41) is 0.576. The van der Waals surface area contributed by atoms with Crippen molar-refractivity contribution in [3.8, 4) is 22.9 Å². The minimum absolute atomic E-state index is 0.154. The maximum absolute atomic E-state index is 12.3. The van der Waals surface area contributed by atoms with Crippen LogP contribution in [-0.4, -0.2) is 17.1 Å². The quantitative estimate of drug-likeness (QED) is 0.581. The van der Waals surface area contributed by atoms with Gasteiger partial charge in [-0.15, -0.1) is 0 Å². The zero-order valence-electron chi connectivity index (χ0n) is 14.8. The van der Waals surface area contributed by atoms with Crippen LogP contribution in [-0.2, 0) is 6.61 Å². The van der Waals surface area contributed by atoms with Gasteiger partial charge in [-0.25, -0.2) is 4.98 Å². The number of ether oxygens (including phenoxy) is 2. The third-order valence-corrected chi connectivity index (χ3v) is 4.26. The Morgan fingerprint density at radius 2 is 1.74 bits per heavy atom. The zero-order valence-corrected chi connectivity index (χ0v) is 14.8. The van der Waals surface area contributed by atoms with E-state index in [0.717, 1.165) is 16.9 Å². The fourth-order valence-electron chi connectivity index (χ4n) is 2.89. The summed E-state index contributed by atoms with van der Waals surface area (Å²) < 4.78 is 11.1. The summed E-state index contributed by atoms with van der Waals surface area (Å²) in [6.45, 7) is 0.419. The van der Waals surface area contributed by atoms with E-state index in [1.807, 2.05) is 66.7 Å². The maximum atomic E-state index is 12.3. The summed E-state index contributed by atoms with van der Waals surface area (Å²) in [6.07, 6.45) is 0. The van der Waals surface area contributed by atoms with Crippen molar-refractivity contribution in [2.45, 2.75) is 6.61 Å². The Hall–Kier alpha value is -3.60. The molecule has 0 saturated heterocycles. The minimum Gasteiger partial charge on any atom is -0.497 e. The molecule has 1 N–H and O–H groups in total. The van der Waals surface area contributed by atoms with Crippen LogP contribution in [0.25, 0.3) is 22.3 Å². The van der Waals surface area contributed by atoms with Gasteiger partial charge in [0.15, 0.2) is 0 Å². The topological polar surface area (TPSA) is 64.2 Å². The summed E-state index contributed by atoms with van der Waals surface area (Å²) in [6, 6.07) is 22.5. The van der Waals surface area contributed by atoms with Gasteiger partial charge in [0.2, 0.25) is 0 Å². The number of aromatic amines is 1. The molecule has 0 amide bonds. The third-order valence-electron chi connectivity index (χ3n) is 4.26. The van der Waals surface area contributed by atoms with Crippen molar-refractivity contribution in [2.75, 3.05) is 7.11 Å². The smallest absolute Gasteiger partial charge is 0.259 e. The van der Waals surface area contributed by atoms with Crippen LogP contribution in [0.5, 0.6) is 11.5 Å². The first-order valence-electron chi connectivity index (χ1n) is 8.58. The Morgan fingerprint density at radius 3 is 2.63 bits per heavy atom. The summed E-state index contributed by atoms with van der Waals surface area (Å²) in [5.74, 6) is 2.01. The molecule has 0 aliphatic rings. The van der Waals surface area contributed by atoms with Crippen LogP contribution < -0.4 is 15.0 Å². The van der Waals surface area contributed by atoms with E-state index in [-0.39, 0.29) is 5.56 Å². The monoisotopic (exact) mass is 358 g/mol. The second-order valence-corrected chi connectivity index (χ2v) is 6.10. The van der Waals surface area contributed by atoms with Gasteiger partial charge in [0.1, 0.15) is 23.9 Å². The molecule has 27 heavy (non-hydrogen) atoms. The van der Waals surface area contributed by atoms with E-state index in [0.29, 0.717) is 29.1 Å². The van der Waals surface area contributed by atoms with Crippen molar-refractivity contribution in [1.29, 1.82) is 0 Å². The van der Waals surface area contributed by atoms with Gasteiger partial charge in [-0.05, 0) is 42.0 Å². The Kier molecular flexibility index (Phi) is 4.58. The predicted octanol–water partition coefficient (Wildman–Crippen LogP) is 4.18.